The molecule has 1 saturated carbocycles. The third-order valence-corrected chi connectivity index (χ3v) is 5.49. The van der Waals surface area contributed by atoms with E-state index in [1.165, 1.54) is 5.56 Å². The first-order chi connectivity index (χ1) is 12.1. The van der Waals surface area contributed by atoms with Crippen LogP contribution in [0.15, 0.2) is 24.5 Å². The van der Waals surface area contributed by atoms with Crippen molar-refractivity contribution >= 4 is 6.03 Å². The van der Waals surface area contributed by atoms with Crippen molar-refractivity contribution in [1.29, 1.82) is 0 Å². The molecule has 3 rings (SSSR count). The second-order valence-corrected chi connectivity index (χ2v) is 7.79. The number of likely N-dealkylation sites (tertiary alicyclic amines) is 1. The number of carbonyl (C=O) groups is 1. The Bertz CT molecular complexity index is 564. The number of amides is 2. The Morgan fingerprint density at radius 1 is 1.44 bits per heavy atom. The number of hydrogen-bond donors (Lipinski definition) is 3. The monoisotopic (exact) mass is 346 g/mol. The van der Waals surface area contributed by atoms with Gasteiger partial charge in [0.05, 0.1) is 12.1 Å². The predicted octanol–water partition coefficient (Wildman–Crippen LogP) is 1.75. The molecule has 1 aromatic rings. The molecule has 2 amide bonds. The number of aliphatic hydroxyl groups is 1. The number of nitrogens with zero attached hydrogens (tertiary/aromatic N) is 2. The van der Waals surface area contributed by atoms with Gasteiger partial charge >= 0.3 is 6.03 Å². The summed E-state index contributed by atoms with van der Waals surface area (Å²) >= 11 is 0. The van der Waals surface area contributed by atoms with Crippen LogP contribution in [0.5, 0.6) is 0 Å². The minimum atomic E-state index is -0.483. The summed E-state index contributed by atoms with van der Waals surface area (Å²) in [5.74, 6) is 0.880. The second-order valence-electron chi connectivity index (χ2n) is 7.79. The van der Waals surface area contributed by atoms with Gasteiger partial charge in [0.2, 0.25) is 0 Å². The van der Waals surface area contributed by atoms with Crippen molar-refractivity contribution < 1.29 is 9.90 Å². The summed E-state index contributed by atoms with van der Waals surface area (Å²) in [6, 6.07) is 3.92. The van der Waals surface area contributed by atoms with Crippen LogP contribution in [0.1, 0.15) is 38.2 Å². The summed E-state index contributed by atoms with van der Waals surface area (Å²) in [5.41, 5.74) is 0.750. The van der Waals surface area contributed by atoms with E-state index in [1.807, 2.05) is 19.2 Å². The minimum absolute atomic E-state index is 0.00654. The molecule has 0 unspecified atom stereocenters. The van der Waals surface area contributed by atoms with Gasteiger partial charge in [-0.2, -0.15) is 0 Å². The van der Waals surface area contributed by atoms with Gasteiger partial charge in [-0.25, -0.2) is 4.79 Å². The van der Waals surface area contributed by atoms with Gasteiger partial charge in [0.1, 0.15) is 0 Å². The number of aromatic nitrogens is 1. The third kappa shape index (κ3) is 5.16. The van der Waals surface area contributed by atoms with Crippen LogP contribution in [0.2, 0.25) is 0 Å². The largest absolute Gasteiger partial charge is 0.394 e. The molecule has 0 aromatic carbocycles. The maximum absolute atomic E-state index is 12.2. The molecule has 1 saturated heterocycles. The van der Waals surface area contributed by atoms with E-state index in [0.717, 1.165) is 45.3 Å². The number of aliphatic hydroxyl groups excluding tert-OH is 1. The highest BCUT2D eigenvalue weighted by molar-refractivity contribution is 5.74. The molecular formula is C19H30N4O2. The van der Waals surface area contributed by atoms with Crippen LogP contribution < -0.4 is 10.6 Å². The van der Waals surface area contributed by atoms with E-state index >= 15 is 0 Å². The van der Waals surface area contributed by atoms with E-state index in [1.54, 1.807) is 6.20 Å². The van der Waals surface area contributed by atoms with Gasteiger partial charge < -0.3 is 15.7 Å². The molecule has 0 spiro atoms. The Labute approximate surface area is 150 Å². The maximum Gasteiger partial charge on any atom is 0.315 e. The summed E-state index contributed by atoms with van der Waals surface area (Å²) in [6.45, 7) is 5.62. The Hall–Kier alpha value is -1.66. The predicted molar refractivity (Wildman–Crippen MR) is 97.0 cm³/mol. The Morgan fingerprint density at radius 2 is 2.28 bits per heavy atom. The molecule has 1 aliphatic carbocycles. The second kappa shape index (κ2) is 8.15. The lowest BCUT2D eigenvalue weighted by molar-refractivity contribution is 0.149. The molecule has 2 heterocycles. The Kier molecular flexibility index (Phi) is 5.91. The van der Waals surface area contributed by atoms with Crippen molar-refractivity contribution in [1.82, 2.24) is 20.5 Å². The molecule has 1 aliphatic heterocycles. The van der Waals surface area contributed by atoms with Crippen LogP contribution in [0, 0.1) is 11.8 Å². The molecule has 3 N–H and O–H groups in total. The average molecular weight is 346 g/mol. The van der Waals surface area contributed by atoms with E-state index in [0.29, 0.717) is 18.4 Å². The molecule has 0 radical (unpaired) electrons. The topological polar surface area (TPSA) is 77.5 Å². The fraction of sp³-hybridized carbons (Fsp3) is 0.684. The number of piperidine rings is 1. The molecule has 1 aromatic heterocycles. The molecule has 25 heavy (non-hydrogen) atoms. The number of nitrogens with one attached hydrogen (secondary N) is 2. The quantitative estimate of drug-likeness (QED) is 0.703. The summed E-state index contributed by atoms with van der Waals surface area (Å²) in [4.78, 5) is 18.8. The van der Waals surface area contributed by atoms with E-state index in [9.17, 15) is 9.90 Å². The van der Waals surface area contributed by atoms with Gasteiger partial charge in [-0.3, -0.25) is 9.88 Å². The zero-order valence-electron chi connectivity index (χ0n) is 15.1. The SMILES string of the molecule is C[C@@](CO)(NC(=O)NC[C@H]1CCCN(Cc2cccnc2)C1)C1CC1. The molecule has 138 valence electrons. The van der Waals surface area contributed by atoms with Gasteiger partial charge in [0.15, 0.2) is 0 Å². The van der Waals surface area contributed by atoms with Crippen LogP contribution in [-0.4, -0.2) is 52.8 Å². The number of rotatable bonds is 7. The van der Waals surface area contributed by atoms with Crippen LogP contribution in [-0.2, 0) is 6.54 Å². The highest BCUT2D eigenvalue weighted by Crippen LogP contribution is 2.39. The lowest BCUT2D eigenvalue weighted by atomic mass is 9.97. The number of urea groups is 1. The van der Waals surface area contributed by atoms with Gasteiger partial charge in [-0.15, -0.1) is 0 Å². The molecule has 2 aliphatic rings. The van der Waals surface area contributed by atoms with Gasteiger partial charge in [-0.05, 0) is 62.6 Å². The molecule has 0 bridgehead atoms. The van der Waals surface area contributed by atoms with Crippen molar-refractivity contribution in [3.05, 3.63) is 30.1 Å². The van der Waals surface area contributed by atoms with E-state index < -0.39 is 5.54 Å². The summed E-state index contributed by atoms with van der Waals surface area (Å²) in [6.07, 6.45) is 8.19. The van der Waals surface area contributed by atoms with E-state index in [4.69, 9.17) is 0 Å². The van der Waals surface area contributed by atoms with Crippen molar-refractivity contribution in [3.63, 3.8) is 0 Å². The van der Waals surface area contributed by atoms with Crippen molar-refractivity contribution in [2.45, 2.75) is 44.7 Å². The Morgan fingerprint density at radius 3 is 2.96 bits per heavy atom. The first-order valence-electron chi connectivity index (χ1n) is 9.37. The number of pyridine rings is 1. The van der Waals surface area contributed by atoms with E-state index in [2.05, 4.69) is 26.6 Å². The van der Waals surface area contributed by atoms with Crippen LogP contribution >= 0.6 is 0 Å². The van der Waals surface area contributed by atoms with E-state index in [-0.39, 0.29) is 12.6 Å². The Balaban J connectivity index is 1.42. The highest BCUT2D eigenvalue weighted by atomic mass is 16.3. The van der Waals surface area contributed by atoms with Crippen LogP contribution in [0.3, 0.4) is 0 Å². The molecule has 6 heteroatoms. The molecular weight excluding hydrogens is 316 g/mol. The van der Waals surface area contributed by atoms with Gasteiger partial charge in [0, 0.05) is 32.0 Å². The number of hydrogen-bond acceptors (Lipinski definition) is 4. The molecule has 2 atom stereocenters. The van der Waals surface area contributed by atoms with Crippen molar-refractivity contribution in [3.8, 4) is 0 Å². The first kappa shape index (κ1) is 18.1. The van der Waals surface area contributed by atoms with Gasteiger partial charge in [0.25, 0.3) is 0 Å². The molecule has 2 fully saturated rings. The summed E-state index contributed by atoms with van der Waals surface area (Å²) in [7, 11) is 0. The normalized spacial score (nSPS) is 23.7. The third-order valence-electron chi connectivity index (χ3n) is 5.49. The standard InChI is InChI=1S/C19H30N4O2/c1-19(14-24,17-6-7-17)22-18(25)21-11-16-5-3-9-23(13-16)12-15-4-2-8-20-10-15/h2,4,8,10,16-17,24H,3,5-7,9,11-14H2,1H3,(H2,21,22,25)/t16-,19+/m1/s1. The lowest BCUT2D eigenvalue weighted by Crippen LogP contribution is -2.55. The zero-order valence-corrected chi connectivity index (χ0v) is 15.1. The average Bonchev–Trinajstić information content (AvgIpc) is 3.47. The van der Waals surface area contributed by atoms with Crippen molar-refractivity contribution in [2.24, 2.45) is 11.8 Å². The highest BCUT2D eigenvalue weighted by Gasteiger charge is 2.42. The summed E-state index contributed by atoms with van der Waals surface area (Å²) in [5, 5.41) is 15.6. The van der Waals surface area contributed by atoms with Crippen LogP contribution in [0.25, 0.3) is 0 Å². The smallest absolute Gasteiger partial charge is 0.315 e. The fourth-order valence-electron chi connectivity index (χ4n) is 3.74. The van der Waals surface area contributed by atoms with Crippen LogP contribution in [0.4, 0.5) is 4.79 Å². The number of carbonyl (C=O) groups excluding carboxylic acids is 1. The minimum Gasteiger partial charge on any atom is -0.394 e. The lowest BCUT2D eigenvalue weighted by Gasteiger charge is -2.33. The van der Waals surface area contributed by atoms with Crippen molar-refractivity contribution in [2.75, 3.05) is 26.2 Å². The zero-order chi connectivity index (χ0) is 17.7. The molecule has 6 nitrogen and oxygen atoms in total. The summed E-state index contributed by atoms with van der Waals surface area (Å²) < 4.78 is 0. The fourth-order valence-corrected chi connectivity index (χ4v) is 3.74. The van der Waals surface area contributed by atoms with Gasteiger partial charge in [-0.1, -0.05) is 6.07 Å². The first-order valence-corrected chi connectivity index (χ1v) is 9.37. The maximum atomic E-state index is 12.2.